The minimum absolute atomic E-state index is 0.0128. The van der Waals surface area contributed by atoms with Gasteiger partial charge in [0.2, 0.25) is 5.91 Å². The predicted molar refractivity (Wildman–Crippen MR) is 89.7 cm³/mol. The van der Waals surface area contributed by atoms with Crippen LogP contribution in [-0.4, -0.2) is 44.8 Å². The van der Waals surface area contributed by atoms with E-state index in [9.17, 15) is 14.4 Å². The summed E-state index contributed by atoms with van der Waals surface area (Å²) < 4.78 is 0. The van der Waals surface area contributed by atoms with Crippen molar-refractivity contribution in [3.63, 3.8) is 0 Å². The van der Waals surface area contributed by atoms with Crippen LogP contribution >= 0.6 is 0 Å². The van der Waals surface area contributed by atoms with Gasteiger partial charge in [-0.1, -0.05) is 30.3 Å². The molecule has 25 heavy (non-hydrogen) atoms. The number of aromatic nitrogens is 2. The molecule has 1 N–H and O–H groups in total. The Kier molecular flexibility index (Phi) is 3.83. The number of aromatic amines is 1. The van der Waals surface area contributed by atoms with Crippen LogP contribution in [0.2, 0.25) is 0 Å². The molecule has 128 valence electrons. The van der Waals surface area contributed by atoms with Crippen molar-refractivity contribution in [3.05, 3.63) is 63.8 Å². The summed E-state index contributed by atoms with van der Waals surface area (Å²) in [7, 11) is 0. The summed E-state index contributed by atoms with van der Waals surface area (Å²) in [4.78, 5) is 46.7. The monoisotopic (exact) mass is 338 g/mol. The van der Waals surface area contributed by atoms with E-state index in [1.165, 1.54) is 11.0 Å². The fourth-order valence-corrected chi connectivity index (χ4v) is 2.97. The van der Waals surface area contributed by atoms with Crippen LogP contribution < -0.4 is 5.56 Å². The van der Waals surface area contributed by atoms with Gasteiger partial charge in [0.05, 0.1) is 6.67 Å². The molecular formula is C18H18N4O3. The van der Waals surface area contributed by atoms with Gasteiger partial charge >= 0.3 is 0 Å². The highest BCUT2D eigenvalue weighted by molar-refractivity contribution is 5.96. The average molecular weight is 338 g/mol. The maximum atomic E-state index is 12.7. The molecule has 1 saturated carbocycles. The first-order valence-corrected chi connectivity index (χ1v) is 8.32. The Morgan fingerprint density at radius 2 is 1.96 bits per heavy atom. The molecular weight excluding hydrogens is 320 g/mol. The molecule has 1 aromatic carbocycles. The van der Waals surface area contributed by atoms with E-state index in [-0.39, 0.29) is 42.2 Å². The molecule has 0 atom stereocenters. The van der Waals surface area contributed by atoms with Gasteiger partial charge in [-0.05, 0) is 18.4 Å². The van der Waals surface area contributed by atoms with Crippen molar-refractivity contribution in [2.24, 2.45) is 0 Å². The molecule has 0 bridgehead atoms. The predicted octanol–water partition coefficient (Wildman–Crippen LogP) is 1.09. The lowest BCUT2D eigenvalue weighted by Gasteiger charge is -2.18. The summed E-state index contributed by atoms with van der Waals surface area (Å²) in [6.45, 7) is 0.679. The zero-order chi connectivity index (χ0) is 17.4. The van der Waals surface area contributed by atoms with Crippen LogP contribution in [-0.2, 0) is 11.3 Å². The summed E-state index contributed by atoms with van der Waals surface area (Å²) in [6.07, 6.45) is 1.96. The highest BCUT2D eigenvalue weighted by atomic mass is 16.2. The number of rotatable bonds is 4. The molecule has 7 nitrogen and oxygen atoms in total. The van der Waals surface area contributed by atoms with Crippen molar-refractivity contribution in [2.75, 3.05) is 13.2 Å². The number of hydrogen-bond acceptors (Lipinski definition) is 4. The minimum Gasteiger partial charge on any atom is -0.319 e. The van der Waals surface area contributed by atoms with Gasteiger partial charge in [-0.3, -0.25) is 14.4 Å². The maximum Gasteiger partial charge on any atom is 0.274 e. The molecule has 0 unspecified atom stereocenters. The third kappa shape index (κ3) is 3.31. The third-order valence-corrected chi connectivity index (χ3v) is 4.47. The Hall–Kier alpha value is -2.96. The van der Waals surface area contributed by atoms with Crippen molar-refractivity contribution in [2.45, 2.75) is 25.3 Å². The van der Waals surface area contributed by atoms with Gasteiger partial charge in [0.15, 0.2) is 0 Å². The van der Waals surface area contributed by atoms with E-state index in [2.05, 4.69) is 9.97 Å². The van der Waals surface area contributed by atoms with Crippen molar-refractivity contribution in [1.82, 2.24) is 19.8 Å². The van der Waals surface area contributed by atoms with Crippen molar-refractivity contribution in [1.29, 1.82) is 0 Å². The quantitative estimate of drug-likeness (QED) is 0.904. The van der Waals surface area contributed by atoms with Gasteiger partial charge in [0.25, 0.3) is 11.5 Å². The molecule has 2 aromatic rings. The summed E-state index contributed by atoms with van der Waals surface area (Å²) in [5.74, 6) is 0.333. The Balaban J connectivity index is 1.50. The molecule has 7 heteroatoms. The molecule has 1 saturated heterocycles. The molecule has 2 aliphatic rings. The largest absolute Gasteiger partial charge is 0.319 e. The van der Waals surface area contributed by atoms with E-state index in [0.717, 1.165) is 18.4 Å². The number of H-pyrrole nitrogens is 1. The molecule has 2 amide bonds. The van der Waals surface area contributed by atoms with Crippen LogP contribution in [0.15, 0.2) is 41.2 Å². The molecule has 0 radical (unpaired) electrons. The van der Waals surface area contributed by atoms with Crippen LogP contribution in [0.5, 0.6) is 0 Å². The number of amides is 2. The minimum atomic E-state index is -0.378. The van der Waals surface area contributed by atoms with E-state index in [1.807, 2.05) is 30.3 Å². The second-order valence-corrected chi connectivity index (χ2v) is 6.51. The topological polar surface area (TPSA) is 86.4 Å². The fraction of sp³-hybridized carbons (Fsp3) is 0.333. The van der Waals surface area contributed by atoms with Gasteiger partial charge in [-0.15, -0.1) is 0 Å². The lowest BCUT2D eigenvalue weighted by Crippen LogP contribution is -2.32. The van der Waals surface area contributed by atoms with E-state index in [0.29, 0.717) is 12.4 Å². The lowest BCUT2D eigenvalue weighted by atomic mass is 10.2. The first kappa shape index (κ1) is 15.6. The number of carbonyl (C=O) groups is 2. The molecule has 1 aliphatic heterocycles. The van der Waals surface area contributed by atoms with Gasteiger partial charge in [-0.2, -0.15) is 0 Å². The third-order valence-electron chi connectivity index (χ3n) is 4.47. The highest BCUT2D eigenvalue weighted by Crippen LogP contribution is 2.37. The lowest BCUT2D eigenvalue weighted by molar-refractivity contribution is -0.127. The molecule has 0 spiro atoms. The normalized spacial score (nSPS) is 17.2. The van der Waals surface area contributed by atoms with Crippen molar-refractivity contribution >= 4 is 11.8 Å². The second kappa shape index (κ2) is 6.16. The van der Waals surface area contributed by atoms with Gasteiger partial charge < -0.3 is 14.8 Å². The first-order valence-electron chi connectivity index (χ1n) is 8.32. The highest BCUT2D eigenvalue weighted by Gasteiger charge is 2.33. The van der Waals surface area contributed by atoms with E-state index in [1.54, 1.807) is 4.90 Å². The Morgan fingerprint density at radius 3 is 2.68 bits per heavy atom. The summed E-state index contributed by atoms with van der Waals surface area (Å²) in [6, 6.07) is 10.8. The van der Waals surface area contributed by atoms with Gasteiger partial charge in [-0.25, -0.2) is 4.98 Å². The zero-order valence-corrected chi connectivity index (χ0v) is 13.6. The number of nitrogens with one attached hydrogen (secondary N) is 1. The van der Waals surface area contributed by atoms with Gasteiger partial charge in [0, 0.05) is 18.5 Å². The first-order chi connectivity index (χ1) is 12.1. The number of nitrogens with zero attached hydrogens (tertiary/aromatic N) is 3. The number of hydrogen-bond donors (Lipinski definition) is 1. The Bertz CT molecular complexity index is 873. The summed E-state index contributed by atoms with van der Waals surface area (Å²) in [5, 5.41) is 0. The number of benzene rings is 1. The van der Waals surface area contributed by atoms with Crippen LogP contribution in [0, 0.1) is 0 Å². The summed E-state index contributed by atoms with van der Waals surface area (Å²) in [5.41, 5.74) is 0.794. The van der Waals surface area contributed by atoms with E-state index in [4.69, 9.17) is 0 Å². The SMILES string of the molecule is O=C1CN(C(=O)c2cc(=O)[nH]c(C3CC3)n2)CN1Cc1ccccc1. The maximum absolute atomic E-state index is 12.7. The van der Waals surface area contributed by atoms with Crippen LogP contribution in [0.25, 0.3) is 0 Å². The van der Waals surface area contributed by atoms with E-state index < -0.39 is 0 Å². The smallest absolute Gasteiger partial charge is 0.274 e. The molecule has 1 aliphatic carbocycles. The Labute approximate surface area is 144 Å². The van der Waals surface area contributed by atoms with Crippen LogP contribution in [0.4, 0.5) is 0 Å². The van der Waals surface area contributed by atoms with Crippen molar-refractivity contribution in [3.8, 4) is 0 Å². The molecule has 4 rings (SSSR count). The summed E-state index contributed by atoms with van der Waals surface area (Å²) >= 11 is 0. The molecule has 2 heterocycles. The van der Waals surface area contributed by atoms with Crippen LogP contribution in [0.1, 0.15) is 40.6 Å². The fourth-order valence-electron chi connectivity index (χ4n) is 2.97. The zero-order valence-electron chi connectivity index (χ0n) is 13.6. The average Bonchev–Trinajstić information content (AvgIpc) is 3.40. The number of carbonyl (C=O) groups excluding carboxylic acids is 2. The second-order valence-electron chi connectivity index (χ2n) is 6.51. The standard InChI is InChI=1S/C18H18N4O3/c23-15-8-14(19-17(20-15)13-6-7-13)18(25)22-10-16(24)21(11-22)9-12-4-2-1-3-5-12/h1-5,8,13H,6-7,9-11H2,(H,19,20,23). The molecule has 1 aromatic heterocycles. The van der Waals surface area contributed by atoms with Gasteiger partial charge in [0.1, 0.15) is 18.1 Å². The van der Waals surface area contributed by atoms with Crippen molar-refractivity contribution < 1.29 is 9.59 Å². The van der Waals surface area contributed by atoms with Crippen LogP contribution in [0.3, 0.4) is 0 Å². The van der Waals surface area contributed by atoms with E-state index >= 15 is 0 Å². The molecule has 2 fully saturated rings. The Morgan fingerprint density at radius 1 is 1.20 bits per heavy atom.